The number of amides is 1. The number of hydrogen-bond donors (Lipinski definition) is 2. The lowest BCUT2D eigenvalue weighted by Crippen LogP contribution is -2.22. The summed E-state index contributed by atoms with van der Waals surface area (Å²) in [5.74, 6) is 0.574. The van der Waals surface area contributed by atoms with Gasteiger partial charge < -0.3 is 10.6 Å². The molecule has 16 heavy (non-hydrogen) atoms. The summed E-state index contributed by atoms with van der Waals surface area (Å²) in [6, 6.07) is 6.21. The van der Waals surface area contributed by atoms with E-state index in [0.717, 1.165) is 11.4 Å². The van der Waals surface area contributed by atoms with E-state index in [9.17, 15) is 4.79 Å². The van der Waals surface area contributed by atoms with E-state index in [2.05, 4.69) is 36.6 Å². The zero-order chi connectivity index (χ0) is 11.7. The zero-order valence-electron chi connectivity index (χ0n) is 10.0. The van der Waals surface area contributed by atoms with Crippen LogP contribution in [0.15, 0.2) is 18.2 Å². The first-order chi connectivity index (χ1) is 7.58. The molecule has 0 spiro atoms. The highest BCUT2D eigenvalue weighted by molar-refractivity contribution is 5.97. The third-order valence-electron chi connectivity index (χ3n) is 3.01. The Morgan fingerprint density at radius 1 is 1.31 bits per heavy atom. The summed E-state index contributed by atoms with van der Waals surface area (Å²) in [6.45, 7) is 6.92. The molecule has 0 saturated heterocycles. The number of nitrogens with one attached hydrogen (secondary N) is 2. The minimum absolute atomic E-state index is 0.00917. The van der Waals surface area contributed by atoms with Gasteiger partial charge in [0.1, 0.15) is 0 Å². The van der Waals surface area contributed by atoms with Gasteiger partial charge in [-0.1, -0.05) is 26.8 Å². The van der Waals surface area contributed by atoms with Crippen LogP contribution in [0.5, 0.6) is 0 Å². The normalized spacial score (nSPS) is 19.8. The number of carbonyl (C=O) groups is 1. The van der Waals surface area contributed by atoms with Crippen molar-refractivity contribution in [3.8, 4) is 0 Å². The van der Waals surface area contributed by atoms with Crippen molar-refractivity contribution in [1.82, 2.24) is 0 Å². The molecule has 0 aliphatic carbocycles. The topological polar surface area (TPSA) is 41.1 Å². The van der Waals surface area contributed by atoms with Gasteiger partial charge in [-0.25, -0.2) is 0 Å². The van der Waals surface area contributed by atoms with Crippen molar-refractivity contribution in [2.75, 3.05) is 17.2 Å². The summed E-state index contributed by atoms with van der Waals surface area (Å²) in [5.41, 5.74) is 3.16. The SMILES string of the molecule is CC1CNc2ccc(C(C)C)cc2NC1=O. The Labute approximate surface area is 96.2 Å². The highest BCUT2D eigenvalue weighted by Gasteiger charge is 2.19. The summed E-state index contributed by atoms with van der Waals surface area (Å²) in [6.07, 6.45) is 0. The van der Waals surface area contributed by atoms with E-state index in [1.807, 2.05) is 13.0 Å². The predicted molar refractivity (Wildman–Crippen MR) is 66.8 cm³/mol. The van der Waals surface area contributed by atoms with E-state index < -0.39 is 0 Å². The van der Waals surface area contributed by atoms with Crippen molar-refractivity contribution in [3.63, 3.8) is 0 Å². The maximum atomic E-state index is 11.7. The quantitative estimate of drug-likeness (QED) is 0.761. The van der Waals surface area contributed by atoms with Gasteiger partial charge in [-0.3, -0.25) is 4.79 Å². The van der Waals surface area contributed by atoms with E-state index >= 15 is 0 Å². The second-order valence-corrected chi connectivity index (χ2v) is 4.73. The Balaban J connectivity index is 2.36. The highest BCUT2D eigenvalue weighted by atomic mass is 16.1. The van der Waals surface area contributed by atoms with Crippen LogP contribution in [0.4, 0.5) is 11.4 Å². The summed E-state index contributed by atoms with van der Waals surface area (Å²) in [7, 11) is 0. The van der Waals surface area contributed by atoms with Crippen LogP contribution in [-0.4, -0.2) is 12.5 Å². The van der Waals surface area contributed by atoms with Gasteiger partial charge in [-0.05, 0) is 23.6 Å². The molecule has 0 fully saturated rings. The molecule has 0 saturated carbocycles. The minimum atomic E-state index is 0.00917. The Kier molecular flexibility index (Phi) is 2.86. The summed E-state index contributed by atoms with van der Waals surface area (Å²) < 4.78 is 0. The van der Waals surface area contributed by atoms with Crippen LogP contribution in [-0.2, 0) is 4.79 Å². The van der Waals surface area contributed by atoms with E-state index in [-0.39, 0.29) is 11.8 Å². The van der Waals surface area contributed by atoms with E-state index in [0.29, 0.717) is 12.5 Å². The zero-order valence-corrected chi connectivity index (χ0v) is 10.0. The minimum Gasteiger partial charge on any atom is -0.383 e. The molecule has 1 heterocycles. The van der Waals surface area contributed by atoms with Gasteiger partial charge in [0.25, 0.3) is 0 Å². The number of carbonyl (C=O) groups excluding carboxylic acids is 1. The first-order valence-electron chi connectivity index (χ1n) is 5.76. The van der Waals surface area contributed by atoms with Gasteiger partial charge in [0, 0.05) is 6.54 Å². The molecule has 1 atom stereocenters. The second kappa shape index (κ2) is 4.16. The van der Waals surface area contributed by atoms with Crippen LogP contribution in [0.2, 0.25) is 0 Å². The molecule has 0 aromatic heterocycles. The third kappa shape index (κ3) is 2.03. The number of hydrogen-bond acceptors (Lipinski definition) is 2. The summed E-state index contributed by atoms with van der Waals surface area (Å²) >= 11 is 0. The third-order valence-corrected chi connectivity index (χ3v) is 3.01. The largest absolute Gasteiger partial charge is 0.383 e. The van der Waals surface area contributed by atoms with Crippen LogP contribution < -0.4 is 10.6 Å². The summed E-state index contributed by atoms with van der Waals surface area (Å²) in [5, 5.41) is 6.25. The van der Waals surface area contributed by atoms with Gasteiger partial charge in [0.15, 0.2) is 0 Å². The maximum absolute atomic E-state index is 11.7. The van der Waals surface area contributed by atoms with Crippen molar-refractivity contribution < 1.29 is 4.79 Å². The molecular weight excluding hydrogens is 200 g/mol. The lowest BCUT2D eigenvalue weighted by Gasteiger charge is -2.11. The van der Waals surface area contributed by atoms with Crippen LogP contribution >= 0.6 is 0 Å². The van der Waals surface area contributed by atoms with Crippen molar-refractivity contribution in [2.24, 2.45) is 5.92 Å². The van der Waals surface area contributed by atoms with Crippen molar-refractivity contribution in [2.45, 2.75) is 26.7 Å². The van der Waals surface area contributed by atoms with Crippen molar-refractivity contribution in [1.29, 1.82) is 0 Å². The van der Waals surface area contributed by atoms with Gasteiger partial charge in [0.2, 0.25) is 5.91 Å². The molecule has 2 rings (SSSR count). The lowest BCUT2D eigenvalue weighted by atomic mass is 10.0. The van der Waals surface area contributed by atoms with Crippen molar-refractivity contribution >= 4 is 17.3 Å². The van der Waals surface area contributed by atoms with E-state index in [4.69, 9.17) is 0 Å². The monoisotopic (exact) mass is 218 g/mol. The molecule has 1 unspecified atom stereocenters. The van der Waals surface area contributed by atoms with E-state index in [1.54, 1.807) is 0 Å². The Morgan fingerprint density at radius 3 is 2.75 bits per heavy atom. The van der Waals surface area contributed by atoms with E-state index in [1.165, 1.54) is 5.56 Å². The first kappa shape index (κ1) is 11.0. The van der Waals surface area contributed by atoms with Gasteiger partial charge in [0.05, 0.1) is 17.3 Å². The molecule has 0 bridgehead atoms. The molecular formula is C13H18N2O. The Morgan fingerprint density at radius 2 is 2.06 bits per heavy atom. The number of benzene rings is 1. The average Bonchev–Trinajstić information content (AvgIpc) is 2.38. The molecule has 86 valence electrons. The van der Waals surface area contributed by atoms with Crippen LogP contribution in [0.25, 0.3) is 0 Å². The van der Waals surface area contributed by atoms with Gasteiger partial charge >= 0.3 is 0 Å². The molecule has 2 N–H and O–H groups in total. The fourth-order valence-corrected chi connectivity index (χ4v) is 1.79. The maximum Gasteiger partial charge on any atom is 0.229 e. The number of rotatable bonds is 1. The van der Waals surface area contributed by atoms with Gasteiger partial charge in [-0.2, -0.15) is 0 Å². The van der Waals surface area contributed by atoms with Crippen LogP contribution in [0.1, 0.15) is 32.3 Å². The predicted octanol–water partition coefficient (Wildman–Crippen LogP) is 2.81. The molecule has 1 amide bonds. The molecule has 1 aromatic rings. The van der Waals surface area contributed by atoms with Gasteiger partial charge in [-0.15, -0.1) is 0 Å². The fourth-order valence-electron chi connectivity index (χ4n) is 1.79. The smallest absolute Gasteiger partial charge is 0.229 e. The van der Waals surface area contributed by atoms with Crippen molar-refractivity contribution in [3.05, 3.63) is 23.8 Å². The molecule has 1 aromatic carbocycles. The Bertz CT molecular complexity index is 412. The number of fused-ring (bicyclic) bond motifs is 1. The molecule has 3 nitrogen and oxygen atoms in total. The fraction of sp³-hybridized carbons (Fsp3) is 0.462. The lowest BCUT2D eigenvalue weighted by molar-refractivity contribution is -0.118. The highest BCUT2D eigenvalue weighted by Crippen LogP contribution is 2.29. The van der Waals surface area contributed by atoms with Crippen LogP contribution in [0, 0.1) is 5.92 Å². The summed E-state index contributed by atoms with van der Waals surface area (Å²) in [4.78, 5) is 11.7. The molecule has 0 radical (unpaired) electrons. The molecule has 1 aliphatic rings. The first-order valence-corrected chi connectivity index (χ1v) is 5.76. The van der Waals surface area contributed by atoms with Crippen LogP contribution in [0.3, 0.4) is 0 Å². The standard InChI is InChI=1S/C13H18N2O/c1-8(2)10-4-5-11-12(6-10)15-13(16)9(3)7-14-11/h4-6,8-9,14H,7H2,1-3H3,(H,15,16). The average molecular weight is 218 g/mol. The Hall–Kier alpha value is -1.51. The molecule has 1 aliphatic heterocycles. The number of anilines is 2. The molecule has 3 heteroatoms. The second-order valence-electron chi connectivity index (χ2n) is 4.73.